The Balaban J connectivity index is 2.26. The number of hydrogen-bond donors (Lipinski definition) is 2. The largest absolute Gasteiger partial charge is 0.393 e. The van der Waals surface area contributed by atoms with Crippen molar-refractivity contribution < 1.29 is 14.9 Å². The monoisotopic (exact) mass is 245 g/mol. The van der Waals surface area contributed by atoms with Gasteiger partial charge >= 0.3 is 0 Å². The highest BCUT2D eigenvalue weighted by atomic mass is 16.5. The summed E-state index contributed by atoms with van der Waals surface area (Å²) in [6, 6.07) is 0. The standard InChI is InChI=1S/C13H27NO3/c1-4-11-7-14(6-5-13(11)16)8-12(15)9-17-10(2)3/h10-13,15-16H,4-9H2,1-3H3. The molecule has 4 nitrogen and oxygen atoms in total. The molecule has 0 aromatic rings. The zero-order valence-electron chi connectivity index (χ0n) is 11.3. The first-order chi connectivity index (χ1) is 8.02. The fraction of sp³-hybridized carbons (Fsp3) is 1.00. The van der Waals surface area contributed by atoms with Crippen molar-refractivity contribution in [2.24, 2.45) is 5.92 Å². The number of aliphatic hydroxyl groups is 2. The van der Waals surface area contributed by atoms with Gasteiger partial charge in [-0.15, -0.1) is 0 Å². The molecule has 0 spiro atoms. The summed E-state index contributed by atoms with van der Waals surface area (Å²) in [5.41, 5.74) is 0. The maximum atomic E-state index is 9.85. The molecule has 1 heterocycles. The van der Waals surface area contributed by atoms with Crippen LogP contribution in [0.1, 0.15) is 33.6 Å². The van der Waals surface area contributed by atoms with Crippen LogP contribution in [0.25, 0.3) is 0 Å². The van der Waals surface area contributed by atoms with Gasteiger partial charge in [0.05, 0.1) is 24.9 Å². The molecule has 1 aliphatic heterocycles. The van der Waals surface area contributed by atoms with Crippen molar-refractivity contribution in [1.29, 1.82) is 0 Å². The van der Waals surface area contributed by atoms with Gasteiger partial charge in [-0.05, 0) is 32.6 Å². The van der Waals surface area contributed by atoms with E-state index < -0.39 is 6.10 Å². The normalized spacial score (nSPS) is 28.6. The summed E-state index contributed by atoms with van der Waals surface area (Å²) in [7, 11) is 0. The van der Waals surface area contributed by atoms with E-state index in [-0.39, 0.29) is 12.2 Å². The Hall–Kier alpha value is -0.160. The predicted molar refractivity (Wildman–Crippen MR) is 67.9 cm³/mol. The molecule has 1 aliphatic rings. The van der Waals surface area contributed by atoms with Gasteiger partial charge in [0, 0.05) is 19.6 Å². The molecule has 0 amide bonds. The molecular weight excluding hydrogens is 218 g/mol. The van der Waals surface area contributed by atoms with Crippen LogP contribution in [-0.4, -0.2) is 59.7 Å². The SMILES string of the molecule is CCC1CN(CC(O)COC(C)C)CCC1O. The summed E-state index contributed by atoms with van der Waals surface area (Å²) in [5.74, 6) is 0.349. The molecule has 1 saturated heterocycles. The third kappa shape index (κ3) is 5.34. The van der Waals surface area contributed by atoms with Crippen LogP contribution in [0.15, 0.2) is 0 Å². The quantitative estimate of drug-likeness (QED) is 0.729. The van der Waals surface area contributed by atoms with E-state index in [1.807, 2.05) is 13.8 Å². The first-order valence-corrected chi connectivity index (χ1v) is 6.73. The van der Waals surface area contributed by atoms with Gasteiger partial charge in [0.25, 0.3) is 0 Å². The van der Waals surface area contributed by atoms with Crippen molar-refractivity contribution in [3.63, 3.8) is 0 Å². The van der Waals surface area contributed by atoms with Crippen molar-refractivity contribution in [2.75, 3.05) is 26.2 Å². The van der Waals surface area contributed by atoms with Crippen LogP contribution in [-0.2, 0) is 4.74 Å². The molecule has 0 bridgehead atoms. The van der Waals surface area contributed by atoms with E-state index in [4.69, 9.17) is 4.74 Å². The average molecular weight is 245 g/mol. The minimum atomic E-state index is -0.426. The Morgan fingerprint density at radius 2 is 2.12 bits per heavy atom. The number of likely N-dealkylation sites (tertiary alicyclic amines) is 1. The highest BCUT2D eigenvalue weighted by Crippen LogP contribution is 2.20. The summed E-state index contributed by atoms with van der Waals surface area (Å²) in [5, 5.41) is 19.6. The van der Waals surface area contributed by atoms with E-state index in [1.165, 1.54) is 0 Å². The molecule has 4 heteroatoms. The maximum absolute atomic E-state index is 9.85. The number of hydrogen-bond acceptors (Lipinski definition) is 4. The Kier molecular flexibility index (Phi) is 6.41. The lowest BCUT2D eigenvalue weighted by atomic mass is 9.92. The summed E-state index contributed by atoms with van der Waals surface area (Å²) >= 11 is 0. The van der Waals surface area contributed by atoms with E-state index in [1.54, 1.807) is 0 Å². The molecule has 0 aromatic heterocycles. The topological polar surface area (TPSA) is 52.9 Å². The minimum Gasteiger partial charge on any atom is -0.393 e. The first kappa shape index (κ1) is 14.9. The number of nitrogens with zero attached hydrogens (tertiary/aromatic N) is 1. The Bertz CT molecular complexity index is 211. The maximum Gasteiger partial charge on any atom is 0.0900 e. The molecule has 3 unspecified atom stereocenters. The molecule has 1 rings (SSSR count). The molecule has 102 valence electrons. The van der Waals surface area contributed by atoms with Crippen LogP contribution < -0.4 is 0 Å². The van der Waals surface area contributed by atoms with E-state index >= 15 is 0 Å². The average Bonchev–Trinajstić information content (AvgIpc) is 2.29. The molecule has 0 aliphatic carbocycles. The van der Waals surface area contributed by atoms with Gasteiger partial charge in [-0.2, -0.15) is 0 Å². The van der Waals surface area contributed by atoms with Crippen molar-refractivity contribution in [1.82, 2.24) is 4.90 Å². The second kappa shape index (κ2) is 7.31. The number of β-amino-alcohol motifs (C(OH)–C–C–N with tert-alkyl or cyclic N) is 1. The molecule has 2 N–H and O–H groups in total. The lowest BCUT2D eigenvalue weighted by molar-refractivity contribution is -0.0291. The number of rotatable bonds is 6. The lowest BCUT2D eigenvalue weighted by Crippen LogP contribution is -2.46. The summed E-state index contributed by atoms with van der Waals surface area (Å²) < 4.78 is 5.39. The number of ether oxygens (including phenoxy) is 1. The van der Waals surface area contributed by atoms with Crippen LogP contribution >= 0.6 is 0 Å². The number of piperidine rings is 1. The van der Waals surface area contributed by atoms with Gasteiger partial charge in [-0.3, -0.25) is 0 Å². The van der Waals surface area contributed by atoms with Crippen molar-refractivity contribution >= 4 is 0 Å². The zero-order chi connectivity index (χ0) is 12.8. The van der Waals surface area contributed by atoms with Crippen LogP contribution in [0.2, 0.25) is 0 Å². The van der Waals surface area contributed by atoms with Gasteiger partial charge in [-0.25, -0.2) is 0 Å². The third-order valence-corrected chi connectivity index (χ3v) is 3.39. The van der Waals surface area contributed by atoms with Crippen LogP contribution in [0.3, 0.4) is 0 Å². The molecule has 0 radical (unpaired) electrons. The van der Waals surface area contributed by atoms with E-state index in [2.05, 4.69) is 11.8 Å². The lowest BCUT2D eigenvalue weighted by Gasteiger charge is -2.36. The molecule has 0 saturated carbocycles. The highest BCUT2D eigenvalue weighted by molar-refractivity contribution is 4.80. The Labute approximate surface area is 105 Å². The third-order valence-electron chi connectivity index (χ3n) is 3.39. The number of aliphatic hydroxyl groups excluding tert-OH is 2. The van der Waals surface area contributed by atoms with E-state index in [9.17, 15) is 10.2 Å². The molecule has 0 aromatic carbocycles. The Morgan fingerprint density at radius 1 is 1.41 bits per heavy atom. The van der Waals surface area contributed by atoms with Gasteiger partial charge in [0.15, 0.2) is 0 Å². The molecule has 1 fully saturated rings. The molecular formula is C13H27NO3. The van der Waals surface area contributed by atoms with Crippen LogP contribution in [0, 0.1) is 5.92 Å². The second-order valence-electron chi connectivity index (χ2n) is 5.32. The fourth-order valence-corrected chi connectivity index (χ4v) is 2.32. The van der Waals surface area contributed by atoms with Gasteiger partial charge in [-0.1, -0.05) is 6.92 Å². The van der Waals surface area contributed by atoms with Gasteiger partial charge in [0.1, 0.15) is 0 Å². The highest BCUT2D eigenvalue weighted by Gasteiger charge is 2.27. The summed E-state index contributed by atoms with van der Waals surface area (Å²) in [4.78, 5) is 2.23. The van der Waals surface area contributed by atoms with E-state index in [0.29, 0.717) is 19.1 Å². The summed E-state index contributed by atoms with van der Waals surface area (Å²) in [6.45, 7) is 8.85. The van der Waals surface area contributed by atoms with Gasteiger partial charge < -0.3 is 19.8 Å². The van der Waals surface area contributed by atoms with Crippen molar-refractivity contribution in [3.8, 4) is 0 Å². The Morgan fingerprint density at radius 3 is 2.71 bits per heavy atom. The van der Waals surface area contributed by atoms with E-state index in [0.717, 1.165) is 25.9 Å². The van der Waals surface area contributed by atoms with Crippen LogP contribution in [0.5, 0.6) is 0 Å². The second-order valence-corrected chi connectivity index (χ2v) is 5.32. The van der Waals surface area contributed by atoms with Crippen LogP contribution in [0.4, 0.5) is 0 Å². The molecule has 17 heavy (non-hydrogen) atoms. The fourth-order valence-electron chi connectivity index (χ4n) is 2.32. The zero-order valence-corrected chi connectivity index (χ0v) is 11.3. The first-order valence-electron chi connectivity index (χ1n) is 6.73. The summed E-state index contributed by atoms with van der Waals surface area (Å²) in [6.07, 6.45) is 1.38. The minimum absolute atomic E-state index is 0.163. The van der Waals surface area contributed by atoms with Gasteiger partial charge in [0.2, 0.25) is 0 Å². The smallest absolute Gasteiger partial charge is 0.0900 e. The predicted octanol–water partition coefficient (Wildman–Crippen LogP) is 0.865. The van der Waals surface area contributed by atoms with Crippen molar-refractivity contribution in [3.05, 3.63) is 0 Å². The molecule has 3 atom stereocenters. The van der Waals surface area contributed by atoms with Crippen molar-refractivity contribution in [2.45, 2.75) is 51.9 Å².